The number of carbonyl (C=O) groups is 1. The molecule has 4 rings (SSSR count). The molecule has 0 aliphatic carbocycles. The van der Waals surface area contributed by atoms with Crippen LogP contribution in [0.1, 0.15) is 32.6 Å². The second-order valence-corrected chi connectivity index (χ2v) is 9.64. The summed E-state index contributed by atoms with van der Waals surface area (Å²) in [5.74, 6) is 0.632. The van der Waals surface area contributed by atoms with Gasteiger partial charge >= 0.3 is 12.3 Å². The fourth-order valence-corrected chi connectivity index (χ4v) is 4.02. The molecule has 1 aliphatic rings. The minimum Gasteiger partial charge on any atom is -0.465 e. The van der Waals surface area contributed by atoms with E-state index in [1.807, 2.05) is 25.7 Å². The first kappa shape index (κ1) is 25.8. The molecule has 3 aromatic heterocycles. The van der Waals surface area contributed by atoms with E-state index in [1.165, 1.54) is 12.4 Å². The molecule has 1 aliphatic heterocycles. The highest BCUT2D eigenvalue weighted by Gasteiger charge is 2.33. The van der Waals surface area contributed by atoms with Crippen LogP contribution in [0.25, 0.3) is 22.6 Å². The Morgan fingerprint density at radius 2 is 1.81 bits per heavy atom. The Kier molecular flexibility index (Phi) is 6.92. The maximum Gasteiger partial charge on any atom is 0.406 e. The number of hydrogen-bond donors (Lipinski definition) is 2. The van der Waals surface area contributed by atoms with Gasteiger partial charge in [-0.05, 0) is 17.0 Å². The zero-order valence-corrected chi connectivity index (χ0v) is 20.4. The van der Waals surface area contributed by atoms with Gasteiger partial charge in [-0.15, -0.1) is 0 Å². The molecule has 2 N–H and O–H groups in total. The number of halogens is 4. The van der Waals surface area contributed by atoms with Gasteiger partial charge < -0.3 is 20.1 Å². The predicted molar refractivity (Wildman–Crippen MR) is 124 cm³/mol. The highest BCUT2D eigenvalue weighted by Crippen LogP contribution is 2.33. The Labute approximate surface area is 208 Å². The Hall–Kier alpha value is -3.26. The van der Waals surface area contributed by atoms with Gasteiger partial charge in [0.1, 0.15) is 6.54 Å². The Morgan fingerprint density at radius 1 is 1.17 bits per heavy atom. The molecule has 15 heteroatoms. The summed E-state index contributed by atoms with van der Waals surface area (Å²) in [4.78, 5) is 34.8. The van der Waals surface area contributed by atoms with Crippen molar-refractivity contribution in [1.29, 1.82) is 0 Å². The standard InChI is InChI=1S/C21H24ClF3N8O3/c1-20(2,3)13(29-19(34)35)15-26-8-11(9-27-15)14-30-16(32-4-6-36-7-5-32)12-17(31-14)33(18(22)28-12)10-21(23,24)25/h8-9,13,29H,4-7,10H2,1-3H3,(H,34,35). The fraction of sp³-hybridized carbons (Fsp3) is 0.524. The van der Waals surface area contributed by atoms with E-state index in [9.17, 15) is 23.1 Å². The quantitative estimate of drug-likeness (QED) is 0.476. The summed E-state index contributed by atoms with van der Waals surface area (Å²) < 4.78 is 46.0. The van der Waals surface area contributed by atoms with Crippen molar-refractivity contribution in [2.75, 3.05) is 31.2 Å². The fourth-order valence-electron chi connectivity index (χ4n) is 3.80. The zero-order valence-electron chi connectivity index (χ0n) is 19.7. The molecule has 36 heavy (non-hydrogen) atoms. The molecule has 4 heterocycles. The molecule has 3 aromatic rings. The van der Waals surface area contributed by atoms with Crippen molar-refractivity contribution in [3.8, 4) is 11.4 Å². The third kappa shape index (κ3) is 5.59. The molecule has 194 valence electrons. The number of alkyl halides is 3. The molecule has 1 amide bonds. The first-order valence-corrected chi connectivity index (χ1v) is 11.4. The van der Waals surface area contributed by atoms with E-state index < -0.39 is 30.3 Å². The zero-order chi connectivity index (χ0) is 26.3. The van der Waals surface area contributed by atoms with Crippen LogP contribution in [0, 0.1) is 5.41 Å². The van der Waals surface area contributed by atoms with Gasteiger partial charge in [0.05, 0.1) is 24.8 Å². The van der Waals surface area contributed by atoms with Crippen LogP contribution in [0.4, 0.5) is 23.8 Å². The van der Waals surface area contributed by atoms with Crippen molar-refractivity contribution >= 4 is 34.7 Å². The summed E-state index contributed by atoms with van der Waals surface area (Å²) in [6.07, 6.45) is -2.96. The summed E-state index contributed by atoms with van der Waals surface area (Å²) >= 11 is 6.08. The monoisotopic (exact) mass is 528 g/mol. The number of fused-ring (bicyclic) bond motifs is 1. The minimum absolute atomic E-state index is 0.0759. The molecule has 1 saturated heterocycles. The molecule has 0 saturated carbocycles. The smallest absolute Gasteiger partial charge is 0.406 e. The van der Waals surface area contributed by atoms with Crippen molar-refractivity contribution in [2.24, 2.45) is 5.41 Å². The predicted octanol–water partition coefficient (Wildman–Crippen LogP) is 3.69. The van der Waals surface area contributed by atoms with Crippen molar-refractivity contribution in [1.82, 2.24) is 34.8 Å². The second kappa shape index (κ2) is 9.65. The number of imidazole rings is 1. The lowest BCUT2D eigenvalue weighted by molar-refractivity contribution is -0.140. The summed E-state index contributed by atoms with van der Waals surface area (Å²) in [5, 5.41) is 11.3. The van der Waals surface area contributed by atoms with Gasteiger partial charge in [0.25, 0.3) is 0 Å². The number of amides is 1. The Balaban J connectivity index is 1.81. The van der Waals surface area contributed by atoms with Crippen LogP contribution in [-0.4, -0.2) is 73.2 Å². The lowest BCUT2D eigenvalue weighted by atomic mass is 9.86. The summed E-state index contributed by atoms with van der Waals surface area (Å²) in [6, 6.07) is -0.705. The number of hydrogen-bond acceptors (Lipinski definition) is 8. The summed E-state index contributed by atoms with van der Waals surface area (Å²) in [7, 11) is 0. The van der Waals surface area contributed by atoms with Crippen LogP contribution >= 0.6 is 11.6 Å². The van der Waals surface area contributed by atoms with Crippen molar-refractivity contribution in [2.45, 2.75) is 39.5 Å². The SMILES string of the molecule is CC(C)(C)C(NC(=O)O)c1ncc(-c2nc(N3CCOCC3)c3nc(Cl)n(CC(F)(F)F)c3n2)cn1. The van der Waals surface area contributed by atoms with Gasteiger partial charge in [0, 0.05) is 25.5 Å². The largest absolute Gasteiger partial charge is 0.465 e. The molecule has 1 atom stereocenters. The normalized spacial score (nSPS) is 15.8. The van der Waals surface area contributed by atoms with E-state index in [2.05, 4.69) is 30.2 Å². The highest BCUT2D eigenvalue weighted by molar-refractivity contribution is 6.29. The van der Waals surface area contributed by atoms with E-state index in [0.29, 0.717) is 37.7 Å². The third-order valence-corrected chi connectivity index (χ3v) is 5.79. The van der Waals surface area contributed by atoms with Crippen LogP contribution in [0.3, 0.4) is 0 Å². The van der Waals surface area contributed by atoms with E-state index in [0.717, 1.165) is 4.57 Å². The minimum atomic E-state index is -4.55. The first-order valence-electron chi connectivity index (χ1n) is 11.0. The molecule has 11 nitrogen and oxygen atoms in total. The van der Waals surface area contributed by atoms with E-state index >= 15 is 0 Å². The number of nitrogens with one attached hydrogen (secondary N) is 1. The number of carboxylic acid groups (broad SMARTS) is 1. The molecule has 0 bridgehead atoms. The number of nitrogens with zero attached hydrogens (tertiary/aromatic N) is 7. The first-order chi connectivity index (χ1) is 16.8. The van der Waals surface area contributed by atoms with E-state index in [4.69, 9.17) is 16.3 Å². The lowest BCUT2D eigenvalue weighted by Crippen LogP contribution is -2.37. The maximum absolute atomic E-state index is 13.3. The van der Waals surface area contributed by atoms with Crippen molar-refractivity contribution in [3.05, 3.63) is 23.5 Å². The number of aromatic nitrogens is 6. The average molecular weight is 529 g/mol. The average Bonchev–Trinajstić information content (AvgIpc) is 3.10. The Morgan fingerprint density at radius 3 is 2.36 bits per heavy atom. The Bertz CT molecular complexity index is 1250. The van der Waals surface area contributed by atoms with Gasteiger partial charge in [-0.2, -0.15) is 13.2 Å². The number of morpholine rings is 1. The second-order valence-electron chi connectivity index (χ2n) is 9.30. The van der Waals surface area contributed by atoms with Crippen LogP contribution in [0.2, 0.25) is 5.28 Å². The molecule has 1 fully saturated rings. The molecule has 0 radical (unpaired) electrons. The van der Waals surface area contributed by atoms with Gasteiger partial charge in [-0.25, -0.2) is 29.7 Å². The molecular weight excluding hydrogens is 505 g/mol. The highest BCUT2D eigenvalue weighted by atomic mass is 35.5. The topological polar surface area (TPSA) is 131 Å². The molecule has 0 aromatic carbocycles. The maximum atomic E-state index is 13.3. The summed E-state index contributed by atoms with van der Waals surface area (Å²) in [6.45, 7) is 5.88. The van der Waals surface area contributed by atoms with E-state index in [-0.39, 0.29) is 28.1 Å². The number of anilines is 1. The van der Waals surface area contributed by atoms with Gasteiger partial charge in [0.2, 0.25) is 5.28 Å². The van der Waals surface area contributed by atoms with Crippen molar-refractivity contribution in [3.63, 3.8) is 0 Å². The number of ether oxygens (including phenoxy) is 1. The van der Waals surface area contributed by atoms with Gasteiger partial charge in [0.15, 0.2) is 28.6 Å². The van der Waals surface area contributed by atoms with Gasteiger partial charge in [-0.3, -0.25) is 4.57 Å². The molecule has 0 spiro atoms. The number of rotatable bonds is 5. The van der Waals surface area contributed by atoms with Crippen molar-refractivity contribution < 1.29 is 27.8 Å². The van der Waals surface area contributed by atoms with E-state index in [1.54, 1.807) is 0 Å². The molecular formula is C21H24ClF3N8O3. The summed E-state index contributed by atoms with van der Waals surface area (Å²) in [5.41, 5.74) is -0.132. The van der Waals surface area contributed by atoms with Crippen LogP contribution in [0.15, 0.2) is 12.4 Å². The molecule has 1 unspecified atom stereocenters. The van der Waals surface area contributed by atoms with Crippen LogP contribution in [0.5, 0.6) is 0 Å². The lowest BCUT2D eigenvalue weighted by Gasteiger charge is -2.29. The third-order valence-electron chi connectivity index (χ3n) is 5.50. The van der Waals surface area contributed by atoms with Gasteiger partial charge in [-0.1, -0.05) is 20.8 Å². The van der Waals surface area contributed by atoms with Crippen LogP contribution in [-0.2, 0) is 11.3 Å². The van der Waals surface area contributed by atoms with Crippen LogP contribution < -0.4 is 10.2 Å².